The van der Waals surface area contributed by atoms with Crippen molar-refractivity contribution in [2.45, 2.75) is 44.8 Å². The molecule has 0 radical (unpaired) electrons. The topological polar surface area (TPSA) is 71.1 Å². The maximum absolute atomic E-state index is 12.1. The van der Waals surface area contributed by atoms with Gasteiger partial charge in [-0.25, -0.2) is 0 Å². The van der Waals surface area contributed by atoms with Crippen LogP contribution < -0.4 is 10.1 Å². The lowest BCUT2D eigenvalue weighted by Gasteiger charge is -2.41. The van der Waals surface area contributed by atoms with E-state index in [1.165, 1.54) is 0 Å². The van der Waals surface area contributed by atoms with Gasteiger partial charge in [-0.2, -0.15) is 0 Å². The molecule has 0 aromatic heterocycles. The molecule has 1 N–H and O–H groups in total. The van der Waals surface area contributed by atoms with Crippen molar-refractivity contribution in [1.29, 1.82) is 0 Å². The first-order chi connectivity index (χ1) is 14.5. The van der Waals surface area contributed by atoms with Crippen LogP contribution >= 0.6 is 11.6 Å². The van der Waals surface area contributed by atoms with Crippen LogP contribution in [0.3, 0.4) is 0 Å². The highest BCUT2D eigenvalue weighted by Gasteiger charge is 2.29. The van der Waals surface area contributed by atoms with E-state index in [0.717, 1.165) is 51.9 Å². The first kappa shape index (κ1) is 22.8. The molecular weight excluding hydrogens is 406 g/mol. The Hall–Kier alpha value is -1.83. The van der Waals surface area contributed by atoms with Crippen molar-refractivity contribution in [2.75, 3.05) is 46.4 Å². The number of carbonyl (C=O) groups excluding carboxylic acids is 2. The lowest BCUT2D eigenvalue weighted by molar-refractivity contribution is -0.130. The highest BCUT2D eigenvalue weighted by Crippen LogP contribution is 2.29. The third-order valence-corrected chi connectivity index (χ3v) is 6.28. The van der Waals surface area contributed by atoms with E-state index in [1.807, 2.05) is 4.90 Å². The van der Waals surface area contributed by atoms with Crippen LogP contribution in [-0.2, 0) is 9.53 Å². The molecule has 1 aromatic rings. The molecule has 0 atom stereocenters. The first-order valence-corrected chi connectivity index (χ1v) is 11.1. The van der Waals surface area contributed by atoms with Crippen LogP contribution in [0.4, 0.5) is 0 Å². The van der Waals surface area contributed by atoms with Crippen LogP contribution in [-0.4, -0.2) is 80.2 Å². The number of likely N-dealkylation sites (tertiary alicyclic amines) is 2. The molecular formula is C22H32ClN3O4. The van der Waals surface area contributed by atoms with Crippen molar-refractivity contribution in [2.24, 2.45) is 0 Å². The molecule has 0 bridgehead atoms. The molecule has 1 aromatic carbocycles. The predicted molar refractivity (Wildman–Crippen MR) is 116 cm³/mol. The van der Waals surface area contributed by atoms with Gasteiger partial charge in [0, 0.05) is 58.4 Å². The predicted octanol–water partition coefficient (Wildman–Crippen LogP) is 2.57. The van der Waals surface area contributed by atoms with Gasteiger partial charge in [0.25, 0.3) is 5.91 Å². The Kier molecular flexibility index (Phi) is 8.36. The Bertz CT molecular complexity index is 729. The van der Waals surface area contributed by atoms with Crippen LogP contribution in [0.15, 0.2) is 18.2 Å². The summed E-state index contributed by atoms with van der Waals surface area (Å²) in [6, 6.07) is 5.72. The number of halogens is 1. The van der Waals surface area contributed by atoms with E-state index in [-0.39, 0.29) is 17.9 Å². The van der Waals surface area contributed by atoms with Crippen LogP contribution in [0.5, 0.6) is 5.75 Å². The molecule has 0 saturated carbocycles. The monoisotopic (exact) mass is 437 g/mol. The summed E-state index contributed by atoms with van der Waals surface area (Å²) in [7, 11) is 1.59. The second kappa shape index (κ2) is 11.0. The third-order valence-electron chi connectivity index (χ3n) is 5.98. The number of ether oxygens (including phenoxy) is 2. The first-order valence-electron chi connectivity index (χ1n) is 10.7. The molecule has 0 aliphatic carbocycles. The Labute approximate surface area is 183 Å². The van der Waals surface area contributed by atoms with Gasteiger partial charge in [-0.05, 0) is 43.9 Å². The highest BCUT2D eigenvalue weighted by molar-refractivity contribution is 6.32. The van der Waals surface area contributed by atoms with Crippen molar-refractivity contribution in [3.8, 4) is 5.75 Å². The number of benzene rings is 1. The van der Waals surface area contributed by atoms with Gasteiger partial charge in [0.05, 0.1) is 11.6 Å². The summed E-state index contributed by atoms with van der Waals surface area (Å²) in [6.45, 7) is 6.27. The second-order valence-electron chi connectivity index (χ2n) is 7.98. The van der Waals surface area contributed by atoms with Gasteiger partial charge in [0.2, 0.25) is 5.91 Å². The molecule has 7 nitrogen and oxygen atoms in total. The summed E-state index contributed by atoms with van der Waals surface area (Å²) in [4.78, 5) is 28.1. The van der Waals surface area contributed by atoms with Gasteiger partial charge < -0.3 is 19.7 Å². The van der Waals surface area contributed by atoms with E-state index >= 15 is 0 Å². The Morgan fingerprint density at radius 2 is 1.83 bits per heavy atom. The molecule has 2 amide bonds. The normalized spacial score (nSPS) is 19.0. The van der Waals surface area contributed by atoms with Gasteiger partial charge >= 0.3 is 0 Å². The maximum atomic E-state index is 12.1. The maximum Gasteiger partial charge on any atom is 0.251 e. The van der Waals surface area contributed by atoms with Crippen molar-refractivity contribution >= 4 is 23.4 Å². The molecule has 2 fully saturated rings. The van der Waals surface area contributed by atoms with Gasteiger partial charge in [0.1, 0.15) is 11.9 Å². The number of rotatable bonds is 7. The fourth-order valence-electron chi connectivity index (χ4n) is 4.19. The summed E-state index contributed by atoms with van der Waals surface area (Å²) < 4.78 is 11.1. The lowest BCUT2D eigenvalue weighted by Crippen LogP contribution is -2.49. The number of methoxy groups -OCH3 is 1. The quantitative estimate of drug-likeness (QED) is 0.664. The number of nitrogens with one attached hydrogen (secondary N) is 1. The number of piperidine rings is 2. The van der Waals surface area contributed by atoms with E-state index in [9.17, 15) is 9.59 Å². The number of nitrogens with zero attached hydrogens (tertiary/aromatic N) is 2. The average Bonchev–Trinajstić information content (AvgIpc) is 2.76. The van der Waals surface area contributed by atoms with E-state index in [4.69, 9.17) is 21.1 Å². The molecule has 0 unspecified atom stereocenters. The molecule has 2 aliphatic rings. The van der Waals surface area contributed by atoms with Crippen LogP contribution in [0, 0.1) is 0 Å². The fourth-order valence-corrected chi connectivity index (χ4v) is 4.42. The molecule has 166 valence electrons. The number of carbonyl (C=O) groups is 2. The van der Waals surface area contributed by atoms with E-state index in [0.29, 0.717) is 35.5 Å². The highest BCUT2D eigenvalue weighted by atomic mass is 35.5. The van der Waals surface area contributed by atoms with Gasteiger partial charge in [-0.3, -0.25) is 14.5 Å². The van der Waals surface area contributed by atoms with Gasteiger partial charge in [0.15, 0.2) is 0 Å². The van der Waals surface area contributed by atoms with Crippen molar-refractivity contribution < 1.29 is 19.1 Å². The minimum atomic E-state index is -0.176. The van der Waals surface area contributed by atoms with Crippen molar-refractivity contribution in [3.63, 3.8) is 0 Å². The number of amides is 2. The summed E-state index contributed by atoms with van der Waals surface area (Å²) in [5.41, 5.74) is 0.509. The Morgan fingerprint density at radius 3 is 2.43 bits per heavy atom. The molecule has 2 aliphatic heterocycles. The molecule has 8 heteroatoms. The largest absolute Gasteiger partial charge is 0.489 e. The van der Waals surface area contributed by atoms with Gasteiger partial charge in [-0.1, -0.05) is 11.6 Å². The van der Waals surface area contributed by atoms with Gasteiger partial charge in [-0.15, -0.1) is 0 Å². The molecule has 2 saturated heterocycles. The average molecular weight is 438 g/mol. The van der Waals surface area contributed by atoms with Crippen molar-refractivity contribution in [1.82, 2.24) is 15.1 Å². The summed E-state index contributed by atoms with van der Waals surface area (Å²) >= 11 is 6.37. The zero-order chi connectivity index (χ0) is 21.5. The van der Waals surface area contributed by atoms with Crippen molar-refractivity contribution in [3.05, 3.63) is 28.8 Å². The lowest BCUT2D eigenvalue weighted by atomic mass is 9.99. The molecule has 0 spiro atoms. The minimum Gasteiger partial charge on any atom is -0.489 e. The Morgan fingerprint density at radius 1 is 1.13 bits per heavy atom. The third kappa shape index (κ3) is 6.09. The summed E-state index contributed by atoms with van der Waals surface area (Å²) in [6.07, 6.45) is 4.11. The SMILES string of the molecule is COCCNC(=O)c1ccc(OC2CCN(C3CCN(C(C)=O)CC3)CC2)c(Cl)c1. The van der Waals surface area contributed by atoms with Crippen LogP contribution in [0.25, 0.3) is 0 Å². The number of hydrogen-bond donors (Lipinski definition) is 1. The Balaban J connectivity index is 1.46. The zero-order valence-corrected chi connectivity index (χ0v) is 18.6. The number of hydrogen-bond acceptors (Lipinski definition) is 5. The molecule has 30 heavy (non-hydrogen) atoms. The standard InChI is InChI=1S/C22H32ClN3O4/c1-16(27)25-10-5-18(6-11-25)26-12-7-19(8-13-26)30-21-4-3-17(15-20(21)23)22(28)24-9-14-29-2/h3-4,15,18-19H,5-14H2,1-2H3,(H,24,28). The summed E-state index contributed by atoms with van der Waals surface area (Å²) in [5, 5.41) is 3.23. The smallest absolute Gasteiger partial charge is 0.251 e. The summed E-state index contributed by atoms with van der Waals surface area (Å²) in [5.74, 6) is 0.624. The fraction of sp³-hybridized carbons (Fsp3) is 0.636. The van der Waals surface area contributed by atoms with E-state index < -0.39 is 0 Å². The van der Waals surface area contributed by atoms with E-state index in [1.54, 1.807) is 32.2 Å². The van der Waals surface area contributed by atoms with Crippen LogP contribution in [0.1, 0.15) is 43.0 Å². The van der Waals surface area contributed by atoms with Crippen LogP contribution in [0.2, 0.25) is 5.02 Å². The second-order valence-corrected chi connectivity index (χ2v) is 8.39. The van der Waals surface area contributed by atoms with E-state index in [2.05, 4.69) is 10.2 Å². The molecule has 3 rings (SSSR count). The zero-order valence-electron chi connectivity index (χ0n) is 17.9. The molecule has 2 heterocycles. The minimum absolute atomic E-state index is 0.123.